The molecule has 3 rings (SSSR count). The summed E-state index contributed by atoms with van der Waals surface area (Å²) in [7, 11) is 0. The molecule has 0 N–H and O–H groups in total. The minimum atomic E-state index is 0.694. The second-order valence-electron chi connectivity index (χ2n) is 5.92. The molecular formula is C19H21N. The van der Waals surface area contributed by atoms with E-state index in [2.05, 4.69) is 62.4 Å². The van der Waals surface area contributed by atoms with Crippen LogP contribution in [0, 0.1) is 12.8 Å². The second-order valence-corrected chi connectivity index (χ2v) is 5.92. The number of aryl methyl sites for hydroxylation is 1. The first-order chi connectivity index (χ1) is 9.72. The van der Waals surface area contributed by atoms with Crippen LogP contribution in [0.3, 0.4) is 0 Å². The lowest BCUT2D eigenvalue weighted by atomic mass is 9.83. The summed E-state index contributed by atoms with van der Waals surface area (Å²) in [6.07, 6.45) is 2.28. The van der Waals surface area contributed by atoms with Gasteiger partial charge in [-0.15, -0.1) is 0 Å². The van der Waals surface area contributed by atoms with E-state index >= 15 is 0 Å². The van der Waals surface area contributed by atoms with Crippen molar-refractivity contribution in [2.24, 2.45) is 10.9 Å². The SMILES string of the molecule is Cc1ccc2c(c1)C(=NCc1ccccc1)CC(C)C2. The second kappa shape index (κ2) is 5.62. The molecular weight excluding hydrogens is 242 g/mol. The van der Waals surface area contributed by atoms with Crippen molar-refractivity contribution in [1.82, 2.24) is 0 Å². The molecule has 1 aliphatic rings. The van der Waals surface area contributed by atoms with Crippen molar-refractivity contribution >= 4 is 5.71 Å². The Morgan fingerprint density at radius 3 is 2.65 bits per heavy atom. The predicted octanol–water partition coefficient (Wildman–Crippen LogP) is 4.57. The maximum absolute atomic E-state index is 4.90. The first kappa shape index (κ1) is 13.1. The van der Waals surface area contributed by atoms with Crippen LogP contribution in [-0.2, 0) is 13.0 Å². The Hall–Kier alpha value is -1.89. The molecule has 1 unspecified atom stereocenters. The van der Waals surface area contributed by atoms with Crippen LogP contribution in [0.4, 0.5) is 0 Å². The van der Waals surface area contributed by atoms with Crippen LogP contribution in [0.25, 0.3) is 0 Å². The van der Waals surface area contributed by atoms with E-state index in [1.165, 1.54) is 34.4 Å². The van der Waals surface area contributed by atoms with Crippen LogP contribution in [0.1, 0.15) is 35.6 Å². The van der Waals surface area contributed by atoms with Crippen LogP contribution in [0.5, 0.6) is 0 Å². The minimum absolute atomic E-state index is 0.694. The van der Waals surface area contributed by atoms with Gasteiger partial charge in [0.05, 0.1) is 6.54 Å². The fourth-order valence-electron chi connectivity index (χ4n) is 2.94. The molecule has 0 heterocycles. The Labute approximate surface area is 121 Å². The third kappa shape index (κ3) is 2.82. The van der Waals surface area contributed by atoms with Gasteiger partial charge in [0.1, 0.15) is 0 Å². The molecule has 0 fully saturated rings. The Balaban J connectivity index is 1.92. The highest BCUT2D eigenvalue weighted by molar-refractivity contribution is 6.03. The highest BCUT2D eigenvalue weighted by atomic mass is 14.7. The molecule has 0 aromatic heterocycles. The van der Waals surface area contributed by atoms with Crippen LogP contribution in [0.2, 0.25) is 0 Å². The number of hydrogen-bond acceptors (Lipinski definition) is 1. The van der Waals surface area contributed by atoms with Gasteiger partial charge >= 0.3 is 0 Å². The summed E-state index contributed by atoms with van der Waals surface area (Å²) in [5, 5.41) is 0. The lowest BCUT2D eigenvalue weighted by molar-refractivity contribution is 0.591. The fourth-order valence-corrected chi connectivity index (χ4v) is 2.94. The molecule has 0 radical (unpaired) electrons. The van der Waals surface area contributed by atoms with E-state index in [0.717, 1.165) is 13.0 Å². The van der Waals surface area contributed by atoms with E-state index < -0.39 is 0 Å². The van der Waals surface area contributed by atoms with Crippen molar-refractivity contribution in [1.29, 1.82) is 0 Å². The summed E-state index contributed by atoms with van der Waals surface area (Å²) >= 11 is 0. The van der Waals surface area contributed by atoms with Crippen molar-refractivity contribution in [2.45, 2.75) is 33.2 Å². The zero-order valence-corrected chi connectivity index (χ0v) is 12.3. The lowest BCUT2D eigenvalue weighted by Crippen LogP contribution is -2.19. The first-order valence-electron chi connectivity index (χ1n) is 7.39. The van der Waals surface area contributed by atoms with E-state index in [0.29, 0.717) is 5.92 Å². The molecule has 2 aromatic carbocycles. The van der Waals surface area contributed by atoms with Gasteiger partial charge in [0, 0.05) is 5.71 Å². The van der Waals surface area contributed by atoms with Gasteiger partial charge in [-0.3, -0.25) is 4.99 Å². The van der Waals surface area contributed by atoms with Gasteiger partial charge in [-0.05, 0) is 48.4 Å². The number of benzene rings is 2. The quantitative estimate of drug-likeness (QED) is 0.753. The number of nitrogens with zero attached hydrogens (tertiary/aromatic N) is 1. The first-order valence-corrected chi connectivity index (χ1v) is 7.39. The number of aliphatic imine (C=N–C) groups is 1. The largest absolute Gasteiger partial charge is 0.284 e. The van der Waals surface area contributed by atoms with E-state index in [4.69, 9.17) is 4.99 Å². The van der Waals surface area contributed by atoms with Gasteiger partial charge in [0.2, 0.25) is 0 Å². The Morgan fingerprint density at radius 1 is 1.05 bits per heavy atom. The molecule has 1 aliphatic carbocycles. The molecule has 102 valence electrons. The van der Waals surface area contributed by atoms with Gasteiger partial charge in [-0.2, -0.15) is 0 Å². The molecule has 0 amide bonds. The van der Waals surface area contributed by atoms with Gasteiger partial charge in [0.25, 0.3) is 0 Å². The molecule has 1 heteroatoms. The molecule has 0 spiro atoms. The monoisotopic (exact) mass is 263 g/mol. The third-order valence-corrected chi connectivity index (χ3v) is 3.98. The van der Waals surface area contributed by atoms with Crippen LogP contribution < -0.4 is 0 Å². The van der Waals surface area contributed by atoms with E-state index in [9.17, 15) is 0 Å². The normalized spacial score (nSPS) is 19.9. The van der Waals surface area contributed by atoms with Crippen molar-refractivity contribution in [3.05, 3.63) is 70.8 Å². The maximum atomic E-state index is 4.90. The van der Waals surface area contributed by atoms with Crippen molar-refractivity contribution in [3.8, 4) is 0 Å². The molecule has 2 aromatic rings. The lowest BCUT2D eigenvalue weighted by Gasteiger charge is -2.24. The fraction of sp³-hybridized carbons (Fsp3) is 0.316. The topological polar surface area (TPSA) is 12.4 Å². The summed E-state index contributed by atoms with van der Waals surface area (Å²) in [6, 6.07) is 17.3. The maximum Gasteiger partial charge on any atom is 0.0643 e. The molecule has 0 bridgehead atoms. The molecule has 20 heavy (non-hydrogen) atoms. The smallest absolute Gasteiger partial charge is 0.0643 e. The average Bonchev–Trinajstić information content (AvgIpc) is 2.46. The Morgan fingerprint density at radius 2 is 1.85 bits per heavy atom. The predicted molar refractivity (Wildman–Crippen MR) is 85.3 cm³/mol. The van der Waals surface area contributed by atoms with Crippen LogP contribution >= 0.6 is 0 Å². The van der Waals surface area contributed by atoms with Gasteiger partial charge in [-0.1, -0.05) is 55.0 Å². The van der Waals surface area contributed by atoms with Gasteiger partial charge < -0.3 is 0 Å². The van der Waals surface area contributed by atoms with Crippen LogP contribution in [0.15, 0.2) is 53.5 Å². The zero-order valence-electron chi connectivity index (χ0n) is 12.3. The number of fused-ring (bicyclic) bond motifs is 1. The van der Waals surface area contributed by atoms with Crippen LogP contribution in [-0.4, -0.2) is 5.71 Å². The number of hydrogen-bond donors (Lipinski definition) is 0. The minimum Gasteiger partial charge on any atom is -0.284 e. The van der Waals surface area contributed by atoms with Crippen molar-refractivity contribution < 1.29 is 0 Å². The third-order valence-electron chi connectivity index (χ3n) is 3.98. The highest BCUT2D eigenvalue weighted by Crippen LogP contribution is 2.27. The molecule has 0 saturated heterocycles. The Kier molecular flexibility index (Phi) is 3.68. The highest BCUT2D eigenvalue weighted by Gasteiger charge is 2.20. The molecule has 1 nitrogen and oxygen atoms in total. The average molecular weight is 263 g/mol. The number of rotatable bonds is 2. The molecule has 0 saturated carbocycles. The summed E-state index contributed by atoms with van der Waals surface area (Å²) < 4.78 is 0. The van der Waals surface area contributed by atoms with Crippen molar-refractivity contribution in [2.75, 3.05) is 0 Å². The van der Waals surface area contributed by atoms with Crippen molar-refractivity contribution in [3.63, 3.8) is 0 Å². The summed E-state index contributed by atoms with van der Waals surface area (Å²) in [6.45, 7) is 5.27. The van der Waals surface area contributed by atoms with E-state index in [1.54, 1.807) is 0 Å². The molecule has 1 atom stereocenters. The zero-order chi connectivity index (χ0) is 13.9. The van der Waals surface area contributed by atoms with Gasteiger partial charge in [0.15, 0.2) is 0 Å². The summed E-state index contributed by atoms with van der Waals surface area (Å²) in [5.41, 5.74) is 6.73. The standard InChI is InChI=1S/C19H21N/c1-14-8-9-17-10-15(2)12-19(18(17)11-14)20-13-16-6-4-3-5-7-16/h3-9,11,15H,10,12-13H2,1-2H3. The Bertz CT molecular complexity index is 625. The molecule has 0 aliphatic heterocycles. The van der Waals surface area contributed by atoms with E-state index in [-0.39, 0.29) is 0 Å². The van der Waals surface area contributed by atoms with Gasteiger partial charge in [-0.25, -0.2) is 0 Å². The summed E-state index contributed by atoms with van der Waals surface area (Å²) in [4.78, 5) is 4.90. The van der Waals surface area contributed by atoms with E-state index in [1.807, 2.05) is 0 Å². The summed E-state index contributed by atoms with van der Waals surface area (Å²) in [5.74, 6) is 0.694.